The molecule has 0 radical (unpaired) electrons. The first-order valence-corrected chi connectivity index (χ1v) is 6.46. The lowest BCUT2D eigenvalue weighted by atomic mass is 10.00. The predicted octanol–water partition coefficient (Wildman–Crippen LogP) is 1.00. The first kappa shape index (κ1) is 15.8. The van der Waals surface area contributed by atoms with Gasteiger partial charge in [0, 0.05) is 25.0 Å². The van der Waals surface area contributed by atoms with E-state index < -0.39 is 11.7 Å². The first-order chi connectivity index (χ1) is 8.71. The van der Waals surface area contributed by atoms with Crippen LogP contribution < -0.4 is 5.32 Å². The quantitative estimate of drug-likeness (QED) is 0.776. The molecule has 0 aromatic carbocycles. The van der Waals surface area contributed by atoms with Crippen LogP contribution in [0.2, 0.25) is 0 Å². The van der Waals surface area contributed by atoms with Crippen LogP contribution in [0.4, 0.5) is 4.79 Å². The van der Waals surface area contributed by atoms with Crippen molar-refractivity contribution in [1.29, 1.82) is 0 Å². The van der Waals surface area contributed by atoms with Crippen molar-refractivity contribution in [2.45, 2.75) is 38.8 Å². The van der Waals surface area contributed by atoms with Crippen LogP contribution in [0.1, 0.15) is 27.2 Å². The van der Waals surface area contributed by atoms with Gasteiger partial charge in [0.15, 0.2) is 0 Å². The first-order valence-electron chi connectivity index (χ1n) is 6.46. The standard InChI is InChI=1S/C13H24N2O4/c1-13(2,3)19-12(17)14-10-8-15(4)7-9(10)6-11(16)18-5/h9-10H,6-8H2,1-5H3,(H,14,17)/t9-,10-/m1/s1. The van der Waals surface area contributed by atoms with E-state index in [2.05, 4.69) is 15.0 Å². The number of hydrogen-bond donors (Lipinski definition) is 1. The number of amides is 1. The van der Waals surface area contributed by atoms with Crippen molar-refractivity contribution < 1.29 is 19.1 Å². The summed E-state index contributed by atoms with van der Waals surface area (Å²) in [6.07, 6.45) is -0.135. The fourth-order valence-corrected chi connectivity index (χ4v) is 2.21. The summed E-state index contributed by atoms with van der Waals surface area (Å²) >= 11 is 0. The molecular weight excluding hydrogens is 248 g/mol. The number of carbonyl (C=O) groups is 2. The Morgan fingerprint density at radius 3 is 2.47 bits per heavy atom. The molecule has 2 atom stereocenters. The summed E-state index contributed by atoms with van der Waals surface area (Å²) in [4.78, 5) is 25.2. The lowest BCUT2D eigenvalue weighted by molar-refractivity contribution is -0.141. The predicted molar refractivity (Wildman–Crippen MR) is 70.8 cm³/mol. The van der Waals surface area contributed by atoms with Gasteiger partial charge in [-0.05, 0) is 27.8 Å². The van der Waals surface area contributed by atoms with Gasteiger partial charge in [-0.1, -0.05) is 0 Å². The van der Waals surface area contributed by atoms with Gasteiger partial charge in [0.1, 0.15) is 5.60 Å². The number of alkyl carbamates (subject to hydrolysis) is 1. The number of likely N-dealkylation sites (N-methyl/N-ethyl adjacent to an activating group) is 1. The molecule has 1 fully saturated rings. The van der Waals surface area contributed by atoms with Crippen molar-refractivity contribution in [2.24, 2.45) is 5.92 Å². The average molecular weight is 272 g/mol. The molecule has 1 heterocycles. The third kappa shape index (κ3) is 5.46. The third-order valence-corrected chi connectivity index (χ3v) is 2.98. The molecule has 0 unspecified atom stereocenters. The third-order valence-electron chi connectivity index (χ3n) is 2.98. The van der Waals surface area contributed by atoms with Gasteiger partial charge >= 0.3 is 12.1 Å². The maximum absolute atomic E-state index is 11.8. The molecule has 0 aliphatic carbocycles. The summed E-state index contributed by atoms with van der Waals surface area (Å²) in [7, 11) is 3.33. The second kappa shape index (κ2) is 6.23. The number of nitrogens with one attached hydrogen (secondary N) is 1. The van der Waals surface area contributed by atoms with Crippen LogP contribution in [-0.2, 0) is 14.3 Å². The van der Waals surface area contributed by atoms with Crippen molar-refractivity contribution in [1.82, 2.24) is 10.2 Å². The molecule has 1 saturated heterocycles. The topological polar surface area (TPSA) is 67.9 Å². The molecule has 0 bridgehead atoms. The molecule has 1 aliphatic rings. The van der Waals surface area contributed by atoms with Crippen molar-refractivity contribution in [3.63, 3.8) is 0 Å². The van der Waals surface area contributed by atoms with E-state index in [1.165, 1.54) is 7.11 Å². The van der Waals surface area contributed by atoms with E-state index in [0.29, 0.717) is 13.0 Å². The monoisotopic (exact) mass is 272 g/mol. The van der Waals surface area contributed by atoms with Crippen LogP contribution in [-0.4, -0.2) is 55.9 Å². The zero-order valence-electron chi connectivity index (χ0n) is 12.4. The van der Waals surface area contributed by atoms with Gasteiger partial charge < -0.3 is 19.7 Å². The van der Waals surface area contributed by atoms with Crippen LogP contribution in [0.15, 0.2) is 0 Å². The molecule has 0 saturated carbocycles. The highest BCUT2D eigenvalue weighted by Crippen LogP contribution is 2.20. The van der Waals surface area contributed by atoms with Crippen LogP contribution >= 0.6 is 0 Å². The molecule has 1 rings (SSSR count). The lowest BCUT2D eigenvalue weighted by Crippen LogP contribution is -2.43. The molecule has 6 heteroatoms. The van der Waals surface area contributed by atoms with Crippen molar-refractivity contribution in [2.75, 3.05) is 27.2 Å². The highest BCUT2D eigenvalue weighted by atomic mass is 16.6. The van der Waals surface area contributed by atoms with E-state index in [9.17, 15) is 9.59 Å². The Morgan fingerprint density at radius 1 is 1.32 bits per heavy atom. The summed E-state index contributed by atoms with van der Waals surface area (Å²) in [6.45, 7) is 6.92. The minimum atomic E-state index is -0.521. The molecule has 19 heavy (non-hydrogen) atoms. The van der Waals surface area contributed by atoms with Crippen molar-refractivity contribution in [3.8, 4) is 0 Å². The number of ether oxygens (including phenoxy) is 2. The van der Waals surface area contributed by atoms with E-state index >= 15 is 0 Å². The maximum atomic E-state index is 11.8. The number of methoxy groups -OCH3 is 1. The minimum Gasteiger partial charge on any atom is -0.469 e. The molecule has 0 spiro atoms. The van der Waals surface area contributed by atoms with Crippen LogP contribution in [0.5, 0.6) is 0 Å². The molecule has 0 aromatic heterocycles. The van der Waals surface area contributed by atoms with E-state index in [4.69, 9.17) is 4.74 Å². The van der Waals surface area contributed by atoms with Crippen LogP contribution in [0, 0.1) is 5.92 Å². The summed E-state index contributed by atoms with van der Waals surface area (Å²) in [5, 5.41) is 2.83. The Hall–Kier alpha value is -1.30. The van der Waals surface area contributed by atoms with Crippen LogP contribution in [0.3, 0.4) is 0 Å². The fraction of sp³-hybridized carbons (Fsp3) is 0.846. The van der Waals surface area contributed by atoms with Crippen LogP contribution in [0.25, 0.3) is 0 Å². The van der Waals surface area contributed by atoms with Gasteiger partial charge in [-0.15, -0.1) is 0 Å². The molecule has 6 nitrogen and oxygen atoms in total. The molecule has 1 N–H and O–H groups in total. The van der Waals surface area contributed by atoms with Gasteiger partial charge in [-0.25, -0.2) is 4.79 Å². The zero-order valence-corrected chi connectivity index (χ0v) is 12.4. The van der Waals surface area contributed by atoms with Crippen molar-refractivity contribution >= 4 is 12.1 Å². The summed E-state index contributed by atoms with van der Waals surface area (Å²) in [6, 6.07) is -0.0843. The molecular formula is C13H24N2O4. The fourth-order valence-electron chi connectivity index (χ4n) is 2.21. The Balaban J connectivity index is 2.54. The summed E-state index contributed by atoms with van der Waals surface area (Å²) in [5.74, 6) is -0.193. The number of hydrogen-bond acceptors (Lipinski definition) is 5. The summed E-state index contributed by atoms with van der Waals surface area (Å²) in [5.41, 5.74) is -0.521. The van der Waals surface area contributed by atoms with Gasteiger partial charge in [-0.3, -0.25) is 4.79 Å². The van der Waals surface area contributed by atoms with Gasteiger partial charge in [0.05, 0.1) is 13.5 Å². The molecule has 1 amide bonds. The lowest BCUT2D eigenvalue weighted by Gasteiger charge is -2.23. The summed E-state index contributed by atoms with van der Waals surface area (Å²) < 4.78 is 9.91. The highest BCUT2D eigenvalue weighted by molar-refractivity contribution is 5.70. The van der Waals surface area contributed by atoms with Gasteiger partial charge in [0.25, 0.3) is 0 Å². The number of carbonyl (C=O) groups excluding carboxylic acids is 2. The normalized spacial score (nSPS) is 24.1. The number of rotatable bonds is 3. The molecule has 0 aromatic rings. The minimum absolute atomic E-state index is 0.0602. The number of esters is 1. The smallest absolute Gasteiger partial charge is 0.407 e. The zero-order chi connectivity index (χ0) is 14.6. The highest BCUT2D eigenvalue weighted by Gasteiger charge is 2.34. The van der Waals surface area contributed by atoms with Crippen molar-refractivity contribution in [3.05, 3.63) is 0 Å². The molecule has 1 aliphatic heterocycles. The second-order valence-corrected chi connectivity index (χ2v) is 6.01. The molecule has 110 valence electrons. The Morgan fingerprint density at radius 2 is 1.95 bits per heavy atom. The maximum Gasteiger partial charge on any atom is 0.407 e. The number of likely N-dealkylation sites (tertiary alicyclic amines) is 1. The van der Waals surface area contributed by atoms with E-state index in [-0.39, 0.29) is 17.9 Å². The van der Waals surface area contributed by atoms with Gasteiger partial charge in [0.2, 0.25) is 0 Å². The second-order valence-electron chi connectivity index (χ2n) is 6.01. The van der Waals surface area contributed by atoms with E-state index in [0.717, 1.165) is 6.54 Å². The SMILES string of the molecule is COC(=O)C[C@@H]1CN(C)C[C@H]1NC(=O)OC(C)(C)C. The Kier molecular flexibility index (Phi) is 5.17. The van der Waals surface area contributed by atoms with E-state index in [1.54, 1.807) is 0 Å². The number of nitrogens with zero attached hydrogens (tertiary/aromatic N) is 1. The Bertz CT molecular complexity index is 338. The van der Waals surface area contributed by atoms with E-state index in [1.807, 2.05) is 27.8 Å². The Labute approximate surface area is 114 Å². The average Bonchev–Trinajstić information content (AvgIpc) is 2.55. The largest absolute Gasteiger partial charge is 0.469 e. The van der Waals surface area contributed by atoms with Gasteiger partial charge in [-0.2, -0.15) is 0 Å².